The van der Waals surface area contributed by atoms with E-state index in [0.717, 1.165) is 17.6 Å². The number of thioether (sulfide) groups is 1. The molecule has 0 saturated heterocycles. The Morgan fingerprint density at radius 1 is 0.946 bits per heavy atom. The number of nitrogens with one attached hydrogen (secondary N) is 1. The molecule has 3 rings (SSSR count). The largest absolute Gasteiger partial charge is 0.548 e. The Kier molecular flexibility index (Phi) is 12.8. The highest BCUT2D eigenvalue weighted by Crippen LogP contribution is 2.31. The van der Waals surface area contributed by atoms with Crippen LogP contribution in [0, 0.1) is 6.92 Å². The van der Waals surface area contributed by atoms with E-state index in [4.69, 9.17) is 4.74 Å². The summed E-state index contributed by atoms with van der Waals surface area (Å²) in [6.45, 7) is 10.7. The molecule has 0 spiro atoms. The molecule has 210 valence electrons. The van der Waals surface area contributed by atoms with Crippen molar-refractivity contribution in [1.29, 1.82) is 0 Å². The molecule has 1 aromatic rings. The van der Waals surface area contributed by atoms with Crippen LogP contribution in [0.3, 0.4) is 0 Å². The van der Waals surface area contributed by atoms with Gasteiger partial charge < -0.3 is 25.3 Å². The summed E-state index contributed by atoms with van der Waals surface area (Å²) in [5.41, 5.74) is 1.56. The van der Waals surface area contributed by atoms with Gasteiger partial charge in [0.2, 0.25) is 0 Å². The Morgan fingerprint density at radius 3 is 1.86 bits per heavy atom. The SMILES string of the molecule is C1CCC([NH2+]C2CCCCC2)CC1.Cc1ccc(CSC(C)(C)C(NC(=O)OC(C)(C)C)C(=O)[O-])cc1. The highest BCUT2D eigenvalue weighted by molar-refractivity contribution is 7.99. The second-order valence-corrected chi connectivity index (χ2v) is 13.9. The molecule has 7 heteroatoms. The van der Waals surface area contributed by atoms with Crippen LogP contribution in [0.25, 0.3) is 0 Å². The zero-order valence-corrected chi connectivity index (χ0v) is 24.8. The molecule has 2 aliphatic rings. The quantitative estimate of drug-likeness (QED) is 0.496. The van der Waals surface area contributed by atoms with E-state index >= 15 is 0 Å². The number of hydrogen-bond acceptors (Lipinski definition) is 5. The molecule has 1 atom stereocenters. The van der Waals surface area contributed by atoms with E-state index in [1.807, 2.05) is 31.2 Å². The molecule has 2 fully saturated rings. The lowest BCUT2D eigenvalue weighted by Crippen LogP contribution is -2.95. The summed E-state index contributed by atoms with van der Waals surface area (Å²) in [4.78, 5) is 23.4. The van der Waals surface area contributed by atoms with E-state index in [0.29, 0.717) is 5.75 Å². The molecular formula is C30H50N2O4S. The molecule has 37 heavy (non-hydrogen) atoms. The Hall–Kier alpha value is -1.73. The van der Waals surface area contributed by atoms with Crippen LogP contribution in [0.1, 0.15) is 110 Å². The fourth-order valence-electron chi connectivity index (χ4n) is 5.02. The zero-order valence-electron chi connectivity index (χ0n) is 23.9. The van der Waals surface area contributed by atoms with Gasteiger partial charge in [-0.2, -0.15) is 0 Å². The third-order valence-electron chi connectivity index (χ3n) is 7.17. The Morgan fingerprint density at radius 2 is 1.43 bits per heavy atom. The molecule has 0 aliphatic heterocycles. The Balaban J connectivity index is 0.000000308. The maximum atomic E-state index is 11.9. The zero-order chi connectivity index (χ0) is 27.5. The van der Waals surface area contributed by atoms with Crippen molar-refractivity contribution in [2.24, 2.45) is 0 Å². The minimum atomic E-state index is -1.33. The van der Waals surface area contributed by atoms with Crippen molar-refractivity contribution in [2.75, 3.05) is 0 Å². The maximum Gasteiger partial charge on any atom is 0.408 e. The number of aryl methyl sites for hydroxylation is 1. The first-order chi connectivity index (χ1) is 17.4. The predicted molar refractivity (Wildman–Crippen MR) is 150 cm³/mol. The third kappa shape index (κ3) is 12.6. The van der Waals surface area contributed by atoms with Crippen LogP contribution in [0.5, 0.6) is 0 Å². The van der Waals surface area contributed by atoms with E-state index in [1.54, 1.807) is 34.6 Å². The Labute approximate surface area is 229 Å². The number of amides is 1. The number of benzene rings is 1. The van der Waals surface area contributed by atoms with Crippen LogP contribution < -0.4 is 15.7 Å². The van der Waals surface area contributed by atoms with Crippen LogP contribution in [-0.2, 0) is 15.3 Å². The van der Waals surface area contributed by atoms with Crippen LogP contribution in [-0.4, -0.2) is 40.5 Å². The molecule has 2 aliphatic carbocycles. The summed E-state index contributed by atoms with van der Waals surface area (Å²) in [7, 11) is 0. The molecule has 1 unspecified atom stereocenters. The number of alkyl carbamates (subject to hydrolysis) is 1. The maximum absolute atomic E-state index is 11.9. The molecule has 6 nitrogen and oxygen atoms in total. The number of carbonyl (C=O) groups excluding carboxylic acids is 2. The molecule has 0 heterocycles. The van der Waals surface area contributed by atoms with Gasteiger partial charge in [0.05, 0.1) is 24.1 Å². The summed E-state index contributed by atoms with van der Waals surface area (Å²) >= 11 is 1.44. The van der Waals surface area contributed by atoms with Gasteiger partial charge >= 0.3 is 6.09 Å². The van der Waals surface area contributed by atoms with Crippen molar-refractivity contribution in [3.8, 4) is 0 Å². The number of quaternary nitrogens is 1. The van der Waals surface area contributed by atoms with Crippen molar-refractivity contribution >= 4 is 23.8 Å². The van der Waals surface area contributed by atoms with Gasteiger partial charge in [-0.1, -0.05) is 42.7 Å². The molecule has 3 N–H and O–H groups in total. The van der Waals surface area contributed by atoms with E-state index < -0.39 is 28.5 Å². The van der Waals surface area contributed by atoms with Gasteiger partial charge in [0.15, 0.2) is 0 Å². The minimum absolute atomic E-state index is 0.632. The van der Waals surface area contributed by atoms with Crippen LogP contribution >= 0.6 is 11.8 Å². The summed E-state index contributed by atoms with van der Waals surface area (Å²) in [6, 6.07) is 8.87. The van der Waals surface area contributed by atoms with Crippen LogP contribution in [0.4, 0.5) is 4.79 Å². The fourth-order valence-corrected chi connectivity index (χ4v) is 6.07. The number of carbonyl (C=O) groups is 2. The van der Waals surface area contributed by atoms with Gasteiger partial charge in [0, 0.05) is 10.5 Å². The number of rotatable bonds is 8. The average molecular weight is 535 g/mol. The van der Waals surface area contributed by atoms with Crippen molar-refractivity contribution < 1.29 is 24.7 Å². The number of ether oxygens (including phenoxy) is 1. The van der Waals surface area contributed by atoms with Crippen LogP contribution in [0.2, 0.25) is 0 Å². The van der Waals surface area contributed by atoms with E-state index in [2.05, 4.69) is 10.6 Å². The number of carboxylic acids is 1. The van der Waals surface area contributed by atoms with Gasteiger partial charge in [0.25, 0.3) is 0 Å². The first-order valence-corrected chi connectivity index (χ1v) is 15.1. The standard InChI is InChI=1S/C18H27NO4S.C12H23N/c1-12-7-9-13(10-8-12)11-24-18(5,6)14(15(20)21)19-16(22)23-17(2,3)4;1-3-7-11(8-4-1)13-12-9-5-2-6-10-12/h7-10,14H,11H2,1-6H3,(H,19,22)(H,20,21);11-13H,1-10H2. The lowest BCUT2D eigenvalue weighted by atomic mass is 9.91. The van der Waals surface area contributed by atoms with Crippen molar-refractivity contribution in [3.63, 3.8) is 0 Å². The van der Waals surface area contributed by atoms with E-state index in [1.165, 1.54) is 81.5 Å². The van der Waals surface area contributed by atoms with Gasteiger partial charge in [0.1, 0.15) is 5.60 Å². The monoisotopic (exact) mass is 534 g/mol. The highest BCUT2D eigenvalue weighted by Gasteiger charge is 2.34. The van der Waals surface area contributed by atoms with Gasteiger partial charge in [-0.05, 0) is 98.5 Å². The predicted octanol–water partition coefficient (Wildman–Crippen LogP) is 4.87. The second-order valence-electron chi connectivity index (χ2n) is 12.3. The fraction of sp³-hybridized carbons (Fsp3) is 0.733. The van der Waals surface area contributed by atoms with E-state index in [-0.39, 0.29) is 0 Å². The molecule has 0 radical (unpaired) electrons. The normalized spacial score (nSPS) is 18.3. The van der Waals surface area contributed by atoms with Crippen molar-refractivity contribution in [3.05, 3.63) is 35.4 Å². The Bertz CT molecular complexity index is 807. The van der Waals surface area contributed by atoms with Gasteiger partial charge in [-0.25, -0.2) is 4.79 Å². The topological polar surface area (TPSA) is 95.1 Å². The smallest absolute Gasteiger partial charge is 0.408 e. The molecule has 2 saturated carbocycles. The number of nitrogens with two attached hydrogens (primary N) is 1. The average Bonchev–Trinajstić information content (AvgIpc) is 2.83. The van der Waals surface area contributed by atoms with Crippen LogP contribution in [0.15, 0.2) is 24.3 Å². The second kappa shape index (κ2) is 15.0. The lowest BCUT2D eigenvalue weighted by Gasteiger charge is -2.35. The summed E-state index contributed by atoms with van der Waals surface area (Å²) in [5, 5.41) is 16.6. The first kappa shape index (κ1) is 31.5. The molecule has 1 aromatic carbocycles. The number of carboxylic acid groups (broad SMARTS) is 1. The van der Waals surface area contributed by atoms with Gasteiger partial charge in [-0.15, -0.1) is 11.8 Å². The third-order valence-corrected chi connectivity index (χ3v) is 8.62. The lowest BCUT2D eigenvalue weighted by molar-refractivity contribution is -0.725. The summed E-state index contributed by atoms with van der Waals surface area (Å²) < 4.78 is 4.38. The van der Waals surface area contributed by atoms with Gasteiger partial charge in [-0.3, -0.25) is 0 Å². The van der Waals surface area contributed by atoms with Crippen molar-refractivity contribution in [2.45, 2.75) is 140 Å². The first-order valence-electron chi connectivity index (χ1n) is 14.1. The molecule has 1 amide bonds. The summed E-state index contributed by atoms with van der Waals surface area (Å²) in [5.74, 6) is -0.699. The molecule has 0 aromatic heterocycles. The number of aliphatic carboxylic acids is 1. The molecule has 0 bridgehead atoms. The minimum Gasteiger partial charge on any atom is -0.548 e. The van der Waals surface area contributed by atoms with Crippen molar-refractivity contribution in [1.82, 2.24) is 5.32 Å². The highest BCUT2D eigenvalue weighted by atomic mass is 32.2. The molecular weight excluding hydrogens is 484 g/mol. The number of hydrogen-bond donors (Lipinski definition) is 2. The van der Waals surface area contributed by atoms with E-state index in [9.17, 15) is 14.7 Å². The summed E-state index contributed by atoms with van der Waals surface area (Å²) in [6.07, 6.45) is 14.2.